The number of benzene rings is 1. The van der Waals surface area contributed by atoms with Crippen molar-refractivity contribution in [3.63, 3.8) is 0 Å². The fourth-order valence-corrected chi connectivity index (χ4v) is 4.15. The lowest BCUT2D eigenvalue weighted by atomic mass is 10.1. The molecule has 1 aliphatic rings. The van der Waals surface area contributed by atoms with Gasteiger partial charge in [0.25, 0.3) is 0 Å². The molecule has 0 unspecified atom stereocenters. The second-order valence-electron chi connectivity index (χ2n) is 6.56. The van der Waals surface area contributed by atoms with Gasteiger partial charge in [0.1, 0.15) is 0 Å². The Labute approximate surface area is 157 Å². The highest BCUT2D eigenvalue weighted by Crippen LogP contribution is 2.23. The lowest BCUT2D eigenvalue weighted by Crippen LogP contribution is -2.40. The van der Waals surface area contributed by atoms with E-state index in [2.05, 4.69) is 26.8 Å². The average Bonchev–Trinajstić information content (AvgIpc) is 3.31. The Kier molecular flexibility index (Phi) is 5.13. The first-order chi connectivity index (χ1) is 12.8. The maximum Gasteiger partial charge on any atom is 0.234 e. The number of aromatic nitrogens is 2. The largest absolute Gasteiger partial charge is 0.355 e. The van der Waals surface area contributed by atoms with Crippen LogP contribution in [0.4, 0.5) is 0 Å². The number of amides is 1. The number of carbonyl (C=O) groups is 1. The third-order valence-corrected chi connectivity index (χ3v) is 5.67. The van der Waals surface area contributed by atoms with E-state index in [9.17, 15) is 4.79 Å². The van der Waals surface area contributed by atoms with E-state index in [1.165, 1.54) is 10.4 Å². The minimum atomic E-state index is 0.0964. The van der Waals surface area contributed by atoms with E-state index in [1.54, 1.807) is 0 Å². The highest BCUT2D eigenvalue weighted by atomic mass is 32.1. The van der Waals surface area contributed by atoms with Crippen LogP contribution in [0.25, 0.3) is 5.69 Å². The van der Waals surface area contributed by atoms with Crippen molar-refractivity contribution in [1.82, 2.24) is 20.0 Å². The van der Waals surface area contributed by atoms with Gasteiger partial charge in [-0.2, -0.15) is 5.10 Å². The molecule has 0 aliphatic carbocycles. The number of nitrogens with zero attached hydrogens (tertiary/aromatic N) is 3. The molecular formula is C20H22N4OS. The average molecular weight is 366 g/mol. The molecule has 3 aromatic rings. The Morgan fingerprint density at radius 2 is 2.12 bits per heavy atom. The molecule has 26 heavy (non-hydrogen) atoms. The van der Waals surface area contributed by atoms with Gasteiger partial charge in [-0.05, 0) is 47.5 Å². The number of fused-ring (bicyclic) bond motifs is 1. The lowest BCUT2D eigenvalue weighted by molar-refractivity contribution is -0.122. The van der Waals surface area contributed by atoms with Crippen molar-refractivity contribution in [2.24, 2.45) is 0 Å². The summed E-state index contributed by atoms with van der Waals surface area (Å²) in [5.41, 5.74) is 3.54. The third-order valence-electron chi connectivity index (χ3n) is 4.65. The Hall–Kier alpha value is -2.44. The number of rotatable bonds is 6. The van der Waals surface area contributed by atoms with Gasteiger partial charge in [0.2, 0.25) is 5.91 Å². The summed E-state index contributed by atoms with van der Waals surface area (Å²) in [6, 6.07) is 12.2. The van der Waals surface area contributed by atoms with Crippen LogP contribution in [0.3, 0.4) is 0 Å². The number of para-hydroxylation sites is 1. The lowest BCUT2D eigenvalue weighted by Gasteiger charge is -2.26. The second-order valence-corrected chi connectivity index (χ2v) is 7.56. The van der Waals surface area contributed by atoms with Crippen molar-refractivity contribution >= 4 is 17.2 Å². The highest BCUT2D eigenvalue weighted by Gasteiger charge is 2.18. The highest BCUT2D eigenvalue weighted by molar-refractivity contribution is 7.10. The van der Waals surface area contributed by atoms with Crippen LogP contribution in [-0.4, -0.2) is 40.2 Å². The molecule has 1 aliphatic heterocycles. The van der Waals surface area contributed by atoms with E-state index in [-0.39, 0.29) is 5.91 Å². The Bertz CT molecular complexity index is 871. The maximum absolute atomic E-state index is 12.2. The van der Waals surface area contributed by atoms with Crippen molar-refractivity contribution in [2.75, 3.05) is 19.6 Å². The molecule has 5 nitrogen and oxygen atoms in total. The standard InChI is InChI=1S/C20H22N4OS/c25-20(15-23-10-7-19-17(14-23)8-11-26-19)21-9-6-16-12-22-24(13-16)18-4-2-1-3-5-18/h1-5,8,11-13H,6-7,9-10,14-15H2,(H,21,25). The normalized spacial score (nSPS) is 14.2. The zero-order valence-electron chi connectivity index (χ0n) is 14.6. The molecule has 0 radical (unpaired) electrons. The molecule has 1 amide bonds. The van der Waals surface area contributed by atoms with Crippen LogP contribution in [0.2, 0.25) is 0 Å². The van der Waals surface area contributed by atoms with Crippen LogP contribution in [0, 0.1) is 0 Å². The first kappa shape index (κ1) is 17.0. The van der Waals surface area contributed by atoms with E-state index in [4.69, 9.17) is 0 Å². The molecule has 3 heterocycles. The van der Waals surface area contributed by atoms with Gasteiger partial charge in [0, 0.05) is 30.7 Å². The molecule has 1 aromatic carbocycles. The summed E-state index contributed by atoms with van der Waals surface area (Å²) < 4.78 is 1.86. The number of carbonyl (C=O) groups excluding carboxylic acids is 1. The van der Waals surface area contributed by atoms with Crippen molar-refractivity contribution in [3.8, 4) is 5.69 Å². The molecule has 0 fully saturated rings. The van der Waals surface area contributed by atoms with E-state index >= 15 is 0 Å². The topological polar surface area (TPSA) is 50.2 Å². The number of nitrogens with one attached hydrogen (secondary N) is 1. The second kappa shape index (κ2) is 7.85. The predicted octanol–water partition coefficient (Wildman–Crippen LogP) is 2.65. The van der Waals surface area contributed by atoms with Crippen molar-refractivity contribution in [3.05, 3.63) is 70.2 Å². The fraction of sp³-hybridized carbons (Fsp3) is 0.300. The fourth-order valence-electron chi connectivity index (χ4n) is 3.26. The summed E-state index contributed by atoms with van der Waals surface area (Å²) in [4.78, 5) is 15.9. The zero-order chi connectivity index (χ0) is 17.8. The summed E-state index contributed by atoms with van der Waals surface area (Å²) >= 11 is 1.82. The zero-order valence-corrected chi connectivity index (χ0v) is 15.4. The van der Waals surface area contributed by atoms with E-state index in [0.717, 1.165) is 37.2 Å². The Balaban J connectivity index is 1.23. The van der Waals surface area contributed by atoms with Gasteiger partial charge in [-0.1, -0.05) is 18.2 Å². The van der Waals surface area contributed by atoms with E-state index in [0.29, 0.717) is 13.1 Å². The number of hydrogen-bond donors (Lipinski definition) is 1. The summed E-state index contributed by atoms with van der Waals surface area (Å²) in [6.07, 6.45) is 5.72. The maximum atomic E-state index is 12.2. The van der Waals surface area contributed by atoms with Crippen LogP contribution < -0.4 is 5.32 Å². The summed E-state index contributed by atoms with van der Waals surface area (Å²) in [5, 5.41) is 9.56. The summed E-state index contributed by atoms with van der Waals surface area (Å²) in [6.45, 7) is 2.95. The SMILES string of the molecule is O=C(CN1CCc2sccc2C1)NCCc1cnn(-c2ccccc2)c1. The summed E-state index contributed by atoms with van der Waals surface area (Å²) in [7, 11) is 0. The number of hydrogen-bond acceptors (Lipinski definition) is 4. The Morgan fingerprint density at radius 3 is 3.00 bits per heavy atom. The summed E-state index contributed by atoms with van der Waals surface area (Å²) in [5.74, 6) is 0.0964. The van der Waals surface area contributed by atoms with Gasteiger partial charge in [0.05, 0.1) is 18.4 Å². The van der Waals surface area contributed by atoms with Gasteiger partial charge in [-0.15, -0.1) is 11.3 Å². The van der Waals surface area contributed by atoms with Crippen LogP contribution in [0.15, 0.2) is 54.2 Å². The minimum absolute atomic E-state index is 0.0964. The van der Waals surface area contributed by atoms with Crippen molar-refractivity contribution in [1.29, 1.82) is 0 Å². The van der Waals surface area contributed by atoms with Gasteiger partial charge in [-0.25, -0.2) is 4.68 Å². The van der Waals surface area contributed by atoms with Gasteiger partial charge < -0.3 is 5.32 Å². The molecule has 0 saturated carbocycles. The van der Waals surface area contributed by atoms with Gasteiger partial charge >= 0.3 is 0 Å². The third kappa shape index (κ3) is 4.03. The van der Waals surface area contributed by atoms with Crippen LogP contribution >= 0.6 is 11.3 Å². The minimum Gasteiger partial charge on any atom is -0.355 e. The van der Waals surface area contributed by atoms with Crippen LogP contribution in [-0.2, 0) is 24.2 Å². The molecule has 1 N–H and O–H groups in total. The molecule has 0 atom stereocenters. The molecule has 0 saturated heterocycles. The quantitative estimate of drug-likeness (QED) is 0.730. The predicted molar refractivity (Wildman–Crippen MR) is 104 cm³/mol. The van der Waals surface area contributed by atoms with Gasteiger partial charge in [-0.3, -0.25) is 9.69 Å². The molecule has 4 rings (SSSR count). The van der Waals surface area contributed by atoms with E-state index in [1.807, 2.05) is 58.7 Å². The number of thiophene rings is 1. The van der Waals surface area contributed by atoms with Crippen LogP contribution in [0.1, 0.15) is 16.0 Å². The molecule has 134 valence electrons. The molecular weight excluding hydrogens is 344 g/mol. The Morgan fingerprint density at radius 1 is 1.23 bits per heavy atom. The van der Waals surface area contributed by atoms with Crippen LogP contribution in [0.5, 0.6) is 0 Å². The first-order valence-corrected chi connectivity index (χ1v) is 9.79. The smallest absolute Gasteiger partial charge is 0.234 e. The van der Waals surface area contributed by atoms with Crippen molar-refractivity contribution < 1.29 is 4.79 Å². The first-order valence-electron chi connectivity index (χ1n) is 8.91. The molecule has 0 spiro atoms. The van der Waals surface area contributed by atoms with Gasteiger partial charge in [0.15, 0.2) is 0 Å². The van der Waals surface area contributed by atoms with Crippen molar-refractivity contribution in [2.45, 2.75) is 19.4 Å². The molecule has 0 bridgehead atoms. The monoisotopic (exact) mass is 366 g/mol. The molecule has 2 aromatic heterocycles. The van der Waals surface area contributed by atoms with E-state index < -0.39 is 0 Å². The molecule has 6 heteroatoms.